The molecule has 0 unspecified atom stereocenters. The third kappa shape index (κ3) is 6.62. The van der Waals surface area contributed by atoms with E-state index in [0.717, 1.165) is 18.4 Å². The van der Waals surface area contributed by atoms with Gasteiger partial charge in [-0.1, -0.05) is 12.1 Å². The van der Waals surface area contributed by atoms with E-state index in [-0.39, 0.29) is 30.4 Å². The molecular formula is C19H27N7O4. The highest BCUT2D eigenvalue weighted by Crippen LogP contribution is 2.24. The Labute approximate surface area is 174 Å². The minimum Gasteiger partial charge on any atom is -0.483 e. The number of rotatable bonds is 7. The summed E-state index contributed by atoms with van der Waals surface area (Å²) in [5.41, 5.74) is 1.64. The zero-order valence-corrected chi connectivity index (χ0v) is 17.1. The van der Waals surface area contributed by atoms with Crippen molar-refractivity contribution in [2.75, 3.05) is 20.6 Å². The maximum atomic E-state index is 12.4. The average Bonchev–Trinajstić information content (AvgIpc) is 3.37. The van der Waals surface area contributed by atoms with Gasteiger partial charge in [0.15, 0.2) is 0 Å². The van der Waals surface area contributed by atoms with Crippen molar-refractivity contribution < 1.29 is 19.5 Å². The molecule has 30 heavy (non-hydrogen) atoms. The molecule has 1 aliphatic heterocycles. The molecule has 0 saturated carbocycles. The third-order valence-electron chi connectivity index (χ3n) is 5.14. The highest BCUT2D eigenvalue weighted by molar-refractivity contribution is 5.94. The van der Waals surface area contributed by atoms with Crippen LogP contribution < -0.4 is 10.6 Å². The van der Waals surface area contributed by atoms with Crippen LogP contribution in [0.25, 0.3) is 0 Å². The second-order valence-corrected chi connectivity index (χ2v) is 6.95. The molecule has 11 nitrogen and oxygen atoms in total. The lowest BCUT2D eigenvalue weighted by Crippen LogP contribution is -2.42. The van der Waals surface area contributed by atoms with Crippen molar-refractivity contribution in [2.45, 2.75) is 37.9 Å². The summed E-state index contributed by atoms with van der Waals surface area (Å²) >= 11 is 0. The quantitative estimate of drug-likeness (QED) is 0.524. The molecule has 2 heterocycles. The predicted octanol–water partition coefficient (Wildman–Crippen LogP) is -0.249. The van der Waals surface area contributed by atoms with Gasteiger partial charge in [0.2, 0.25) is 5.91 Å². The number of likely N-dealkylation sites (N-methyl/N-ethyl adjacent to an activating group) is 1. The standard InChI is InChI=1S/C18H25N7O2.CH2O2/c1-19-17(26)9-15-7-8-16(24(15)2)10-20-18(27)14-5-3-13(4-6-14)11-25-12-21-22-23-25;2-1-3/h3-6,12,15-16H,7-11H2,1-2H3,(H,19,26)(H,20,27);1H,(H,2,3)/t15-,16+;/m1./s1. The molecule has 1 aliphatic rings. The summed E-state index contributed by atoms with van der Waals surface area (Å²) in [6, 6.07) is 7.90. The minimum atomic E-state index is -0.250. The summed E-state index contributed by atoms with van der Waals surface area (Å²) in [7, 11) is 3.67. The van der Waals surface area contributed by atoms with Gasteiger partial charge in [-0.05, 0) is 48.0 Å². The van der Waals surface area contributed by atoms with Crippen LogP contribution in [0.1, 0.15) is 35.2 Å². The number of nitrogens with zero attached hydrogens (tertiary/aromatic N) is 5. The lowest BCUT2D eigenvalue weighted by molar-refractivity contribution is -0.123. The number of aromatic nitrogens is 4. The van der Waals surface area contributed by atoms with Gasteiger partial charge in [-0.2, -0.15) is 0 Å². The highest BCUT2D eigenvalue weighted by atomic mass is 16.3. The van der Waals surface area contributed by atoms with Crippen LogP contribution in [0.3, 0.4) is 0 Å². The molecule has 2 atom stereocenters. The SMILES string of the molecule is CNC(=O)C[C@H]1CC[C@@H](CNC(=O)c2ccc(Cn3cnnn3)cc2)N1C.O=CO. The largest absolute Gasteiger partial charge is 0.483 e. The number of carboxylic acid groups (broad SMARTS) is 1. The molecule has 0 spiro atoms. The number of nitrogens with one attached hydrogen (secondary N) is 2. The van der Waals surface area contributed by atoms with Crippen LogP contribution in [0.5, 0.6) is 0 Å². The highest BCUT2D eigenvalue weighted by Gasteiger charge is 2.31. The Bertz CT molecular complexity index is 811. The summed E-state index contributed by atoms with van der Waals surface area (Å²) in [4.78, 5) is 34.5. The maximum absolute atomic E-state index is 12.4. The molecule has 0 radical (unpaired) electrons. The molecule has 2 aromatic rings. The van der Waals surface area contributed by atoms with Crippen molar-refractivity contribution in [2.24, 2.45) is 0 Å². The molecule has 1 aromatic carbocycles. The lowest BCUT2D eigenvalue weighted by Gasteiger charge is -2.25. The van der Waals surface area contributed by atoms with Crippen LogP contribution in [0.2, 0.25) is 0 Å². The fourth-order valence-corrected chi connectivity index (χ4v) is 3.41. The molecule has 11 heteroatoms. The monoisotopic (exact) mass is 417 g/mol. The van der Waals surface area contributed by atoms with E-state index in [9.17, 15) is 9.59 Å². The number of carbonyl (C=O) groups excluding carboxylic acids is 2. The van der Waals surface area contributed by atoms with Crippen molar-refractivity contribution in [3.63, 3.8) is 0 Å². The van der Waals surface area contributed by atoms with E-state index in [1.807, 2.05) is 31.3 Å². The fourth-order valence-electron chi connectivity index (χ4n) is 3.41. The Kier molecular flexibility index (Phi) is 8.88. The Balaban J connectivity index is 0.00000101. The second kappa shape index (κ2) is 11.6. The molecule has 1 fully saturated rings. The van der Waals surface area contributed by atoms with Crippen molar-refractivity contribution in [3.8, 4) is 0 Å². The number of amides is 2. The normalized spacial score (nSPS) is 18.2. The van der Waals surface area contributed by atoms with E-state index in [2.05, 4.69) is 31.1 Å². The zero-order valence-electron chi connectivity index (χ0n) is 17.1. The van der Waals surface area contributed by atoms with E-state index >= 15 is 0 Å². The van der Waals surface area contributed by atoms with E-state index in [0.29, 0.717) is 25.1 Å². The van der Waals surface area contributed by atoms with Crippen LogP contribution in [0, 0.1) is 0 Å². The summed E-state index contributed by atoms with van der Waals surface area (Å²) in [6.45, 7) is 0.889. The van der Waals surface area contributed by atoms with Gasteiger partial charge in [-0.25, -0.2) is 4.68 Å². The number of hydrogen-bond donors (Lipinski definition) is 3. The Morgan fingerprint density at radius 2 is 1.90 bits per heavy atom. The average molecular weight is 417 g/mol. The molecule has 3 N–H and O–H groups in total. The topological polar surface area (TPSA) is 142 Å². The van der Waals surface area contributed by atoms with Crippen molar-refractivity contribution >= 4 is 18.3 Å². The van der Waals surface area contributed by atoms with Gasteiger partial charge in [0.1, 0.15) is 6.33 Å². The van der Waals surface area contributed by atoms with Gasteiger partial charge < -0.3 is 15.7 Å². The van der Waals surface area contributed by atoms with Crippen molar-refractivity contribution in [1.29, 1.82) is 0 Å². The van der Waals surface area contributed by atoms with Gasteiger partial charge in [-0.3, -0.25) is 19.3 Å². The molecule has 1 saturated heterocycles. The lowest BCUT2D eigenvalue weighted by atomic mass is 10.1. The zero-order chi connectivity index (χ0) is 21.9. The number of hydrogen-bond acceptors (Lipinski definition) is 7. The first kappa shape index (κ1) is 22.9. The smallest absolute Gasteiger partial charge is 0.290 e. The van der Waals surface area contributed by atoms with E-state index in [4.69, 9.17) is 9.90 Å². The summed E-state index contributed by atoms with van der Waals surface area (Å²) in [5.74, 6) is -0.0366. The van der Waals surface area contributed by atoms with Gasteiger partial charge in [0, 0.05) is 37.7 Å². The molecule has 3 rings (SSSR count). The fraction of sp³-hybridized carbons (Fsp3) is 0.474. The molecule has 2 amide bonds. The first-order valence-electron chi connectivity index (χ1n) is 9.56. The van der Waals surface area contributed by atoms with Gasteiger partial charge in [0.25, 0.3) is 12.4 Å². The molecule has 0 bridgehead atoms. The number of benzene rings is 1. The van der Waals surface area contributed by atoms with E-state index < -0.39 is 0 Å². The summed E-state index contributed by atoms with van der Waals surface area (Å²) < 4.78 is 1.63. The Morgan fingerprint density at radius 1 is 1.23 bits per heavy atom. The van der Waals surface area contributed by atoms with E-state index in [1.165, 1.54) is 0 Å². The first-order chi connectivity index (χ1) is 14.5. The van der Waals surface area contributed by atoms with Gasteiger partial charge in [0.05, 0.1) is 6.54 Å². The van der Waals surface area contributed by atoms with Crippen LogP contribution in [-0.4, -0.2) is 81.2 Å². The van der Waals surface area contributed by atoms with Crippen molar-refractivity contribution in [1.82, 2.24) is 35.7 Å². The summed E-state index contributed by atoms with van der Waals surface area (Å²) in [5, 5.41) is 23.6. The summed E-state index contributed by atoms with van der Waals surface area (Å²) in [6.07, 6.45) is 4.00. The van der Waals surface area contributed by atoms with Crippen molar-refractivity contribution in [3.05, 3.63) is 41.7 Å². The van der Waals surface area contributed by atoms with Crippen LogP contribution in [-0.2, 0) is 16.1 Å². The maximum Gasteiger partial charge on any atom is 0.290 e. The van der Waals surface area contributed by atoms with Gasteiger partial charge >= 0.3 is 0 Å². The second-order valence-electron chi connectivity index (χ2n) is 6.95. The molecule has 0 aliphatic carbocycles. The minimum absolute atomic E-state index is 0.0540. The van der Waals surface area contributed by atoms with Crippen LogP contribution in [0.15, 0.2) is 30.6 Å². The number of tetrazole rings is 1. The van der Waals surface area contributed by atoms with Gasteiger partial charge in [-0.15, -0.1) is 5.10 Å². The predicted molar refractivity (Wildman–Crippen MR) is 108 cm³/mol. The van der Waals surface area contributed by atoms with E-state index in [1.54, 1.807) is 18.1 Å². The first-order valence-corrected chi connectivity index (χ1v) is 9.56. The Hall–Kier alpha value is -3.34. The van der Waals surface area contributed by atoms with Crippen LogP contribution in [0.4, 0.5) is 0 Å². The molecule has 1 aromatic heterocycles. The molecular weight excluding hydrogens is 390 g/mol. The number of carbonyl (C=O) groups is 3. The number of likely N-dealkylation sites (tertiary alicyclic amines) is 1. The molecule has 162 valence electrons. The Morgan fingerprint density at radius 3 is 2.50 bits per heavy atom. The third-order valence-corrected chi connectivity index (χ3v) is 5.14. The van der Waals surface area contributed by atoms with Crippen LogP contribution >= 0.6 is 0 Å².